The highest BCUT2D eigenvalue weighted by Gasteiger charge is 2.32. The van der Waals surface area contributed by atoms with Gasteiger partial charge in [-0.05, 0) is 32.4 Å². The van der Waals surface area contributed by atoms with E-state index in [0.717, 1.165) is 23.1 Å². The van der Waals surface area contributed by atoms with E-state index in [9.17, 15) is 9.59 Å². The van der Waals surface area contributed by atoms with E-state index in [0.29, 0.717) is 18.0 Å². The fraction of sp³-hybridized carbons (Fsp3) is 0.364. The lowest BCUT2D eigenvalue weighted by Gasteiger charge is -2.18. The zero-order valence-corrected chi connectivity index (χ0v) is 16.4. The molecule has 0 unspecified atom stereocenters. The van der Waals surface area contributed by atoms with Crippen molar-refractivity contribution >= 4 is 11.9 Å². The standard InChI is InChI=1S/C22H25NO5/c1-15-7-9-16(10-8-15)12-23-19(24)13-27-20(25)14-26-18-6-4-5-17-11-22(2,3)28-21(17)18/h4-10H,11-14H2,1-3H3,(H,23,24). The van der Waals surface area contributed by atoms with E-state index in [1.165, 1.54) is 0 Å². The summed E-state index contributed by atoms with van der Waals surface area (Å²) < 4.78 is 16.4. The first-order chi connectivity index (χ1) is 13.3. The van der Waals surface area contributed by atoms with Crippen LogP contribution in [0.1, 0.15) is 30.5 Å². The van der Waals surface area contributed by atoms with Crippen LogP contribution < -0.4 is 14.8 Å². The van der Waals surface area contributed by atoms with Crippen molar-refractivity contribution < 1.29 is 23.8 Å². The second-order valence-electron chi connectivity index (χ2n) is 7.49. The van der Waals surface area contributed by atoms with Gasteiger partial charge in [0.15, 0.2) is 24.7 Å². The lowest BCUT2D eigenvalue weighted by molar-refractivity contribution is -0.150. The predicted octanol–water partition coefficient (Wildman–Crippen LogP) is 2.95. The van der Waals surface area contributed by atoms with E-state index in [1.54, 1.807) is 6.07 Å². The molecular formula is C22H25NO5. The van der Waals surface area contributed by atoms with Crippen LogP contribution in [0.15, 0.2) is 42.5 Å². The van der Waals surface area contributed by atoms with Gasteiger partial charge < -0.3 is 19.5 Å². The Bertz CT molecular complexity index is 858. The van der Waals surface area contributed by atoms with E-state index in [2.05, 4.69) is 5.32 Å². The molecule has 0 fully saturated rings. The molecule has 1 heterocycles. The number of esters is 1. The van der Waals surface area contributed by atoms with Crippen molar-refractivity contribution in [2.75, 3.05) is 13.2 Å². The topological polar surface area (TPSA) is 73.9 Å². The predicted molar refractivity (Wildman–Crippen MR) is 104 cm³/mol. The molecule has 1 amide bonds. The second kappa shape index (κ2) is 8.33. The largest absolute Gasteiger partial charge is 0.483 e. The fourth-order valence-corrected chi connectivity index (χ4v) is 2.98. The van der Waals surface area contributed by atoms with Gasteiger partial charge in [-0.1, -0.05) is 42.0 Å². The molecule has 1 aliphatic heterocycles. The van der Waals surface area contributed by atoms with Crippen LogP contribution in [0, 0.1) is 6.92 Å². The van der Waals surface area contributed by atoms with E-state index in [1.807, 2.05) is 57.2 Å². The molecule has 2 aromatic carbocycles. The van der Waals surface area contributed by atoms with Crippen LogP contribution in [-0.2, 0) is 27.3 Å². The minimum absolute atomic E-state index is 0.286. The summed E-state index contributed by atoms with van der Waals surface area (Å²) >= 11 is 0. The summed E-state index contributed by atoms with van der Waals surface area (Å²) in [6, 6.07) is 13.4. The van der Waals surface area contributed by atoms with Crippen LogP contribution in [0.25, 0.3) is 0 Å². The van der Waals surface area contributed by atoms with Gasteiger partial charge in [0.25, 0.3) is 5.91 Å². The monoisotopic (exact) mass is 383 g/mol. The summed E-state index contributed by atoms with van der Waals surface area (Å²) in [7, 11) is 0. The second-order valence-corrected chi connectivity index (χ2v) is 7.49. The number of hydrogen-bond donors (Lipinski definition) is 1. The maximum atomic E-state index is 11.9. The number of rotatable bonds is 7. The minimum Gasteiger partial charge on any atom is -0.483 e. The summed E-state index contributed by atoms with van der Waals surface area (Å²) in [5.74, 6) is 0.194. The minimum atomic E-state index is -0.611. The van der Waals surface area contributed by atoms with Crippen molar-refractivity contribution in [3.63, 3.8) is 0 Å². The Labute approximate surface area is 164 Å². The molecule has 6 heteroatoms. The number of ether oxygens (including phenoxy) is 3. The molecule has 1 N–H and O–H groups in total. The number of amides is 1. The Balaban J connectivity index is 1.41. The summed E-state index contributed by atoms with van der Waals surface area (Å²) in [5.41, 5.74) is 2.89. The van der Waals surface area contributed by atoms with Crippen LogP contribution >= 0.6 is 0 Å². The first-order valence-corrected chi connectivity index (χ1v) is 9.24. The molecule has 0 saturated carbocycles. The molecule has 0 saturated heterocycles. The lowest BCUT2D eigenvalue weighted by atomic mass is 10.0. The van der Waals surface area contributed by atoms with E-state index in [4.69, 9.17) is 14.2 Å². The first-order valence-electron chi connectivity index (χ1n) is 9.24. The van der Waals surface area contributed by atoms with Gasteiger partial charge in [0.05, 0.1) is 0 Å². The molecule has 6 nitrogen and oxygen atoms in total. The highest BCUT2D eigenvalue weighted by atomic mass is 16.6. The molecule has 0 atom stereocenters. The maximum Gasteiger partial charge on any atom is 0.344 e. The van der Waals surface area contributed by atoms with Crippen LogP contribution in [-0.4, -0.2) is 30.7 Å². The van der Waals surface area contributed by atoms with Crippen LogP contribution in [0.5, 0.6) is 11.5 Å². The SMILES string of the molecule is Cc1ccc(CNC(=O)COC(=O)COc2cccc3c2OC(C)(C)C3)cc1. The lowest BCUT2D eigenvalue weighted by Crippen LogP contribution is -2.29. The highest BCUT2D eigenvalue weighted by Crippen LogP contribution is 2.41. The van der Waals surface area contributed by atoms with Gasteiger partial charge in [-0.2, -0.15) is 0 Å². The summed E-state index contributed by atoms with van der Waals surface area (Å²) in [5, 5.41) is 2.71. The van der Waals surface area contributed by atoms with Gasteiger partial charge >= 0.3 is 5.97 Å². The van der Waals surface area contributed by atoms with E-state index >= 15 is 0 Å². The van der Waals surface area contributed by atoms with Crippen molar-refractivity contribution in [1.29, 1.82) is 0 Å². The Morgan fingerprint density at radius 3 is 2.61 bits per heavy atom. The molecule has 0 bridgehead atoms. The number of para-hydroxylation sites is 1. The molecule has 1 aliphatic rings. The summed E-state index contributed by atoms with van der Waals surface area (Å²) in [4.78, 5) is 23.7. The number of hydrogen-bond acceptors (Lipinski definition) is 5. The van der Waals surface area contributed by atoms with Gasteiger partial charge in [-0.25, -0.2) is 4.79 Å². The summed E-state index contributed by atoms with van der Waals surface area (Å²) in [6.45, 7) is 5.76. The van der Waals surface area contributed by atoms with Gasteiger partial charge in [0, 0.05) is 18.5 Å². The van der Waals surface area contributed by atoms with Crippen LogP contribution in [0.3, 0.4) is 0 Å². The third kappa shape index (κ3) is 5.25. The molecule has 2 aromatic rings. The smallest absolute Gasteiger partial charge is 0.344 e. The van der Waals surface area contributed by atoms with Crippen molar-refractivity contribution in [3.05, 3.63) is 59.2 Å². The number of fused-ring (bicyclic) bond motifs is 1. The fourth-order valence-electron chi connectivity index (χ4n) is 2.98. The van der Waals surface area contributed by atoms with Crippen LogP contribution in [0.2, 0.25) is 0 Å². The van der Waals surface area contributed by atoms with Gasteiger partial charge in [0.2, 0.25) is 0 Å². The number of benzene rings is 2. The average molecular weight is 383 g/mol. The highest BCUT2D eigenvalue weighted by molar-refractivity contribution is 5.80. The molecule has 0 aromatic heterocycles. The quantitative estimate of drug-likeness (QED) is 0.744. The van der Waals surface area contributed by atoms with Crippen LogP contribution in [0.4, 0.5) is 0 Å². The Morgan fingerprint density at radius 1 is 1.11 bits per heavy atom. The zero-order chi connectivity index (χ0) is 20.1. The third-order valence-corrected chi connectivity index (χ3v) is 4.38. The maximum absolute atomic E-state index is 11.9. The molecule has 0 radical (unpaired) electrons. The molecule has 148 valence electrons. The Kier molecular flexibility index (Phi) is 5.87. The van der Waals surface area contributed by atoms with Crippen molar-refractivity contribution in [2.45, 2.75) is 39.3 Å². The number of aryl methyl sites for hydroxylation is 1. The third-order valence-electron chi connectivity index (χ3n) is 4.38. The van der Waals surface area contributed by atoms with Crippen molar-refractivity contribution in [3.8, 4) is 11.5 Å². The normalized spacial score (nSPS) is 14.0. The molecular weight excluding hydrogens is 358 g/mol. The molecule has 0 spiro atoms. The Hall–Kier alpha value is -3.02. The average Bonchev–Trinajstić information content (AvgIpc) is 2.98. The molecule has 3 rings (SSSR count). The van der Waals surface area contributed by atoms with E-state index in [-0.39, 0.29) is 24.7 Å². The first kappa shape index (κ1) is 19.7. The summed E-state index contributed by atoms with van der Waals surface area (Å²) in [6.07, 6.45) is 0.783. The van der Waals surface area contributed by atoms with Crippen molar-refractivity contribution in [1.82, 2.24) is 5.32 Å². The van der Waals surface area contributed by atoms with Gasteiger partial charge in [0.1, 0.15) is 5.60 Å². The van der Waals surface area contributed by atoms with Crippen molar-refractivity contribution in [2.24, 2.45) is 0 Å². The molecule has 0 aliphatic carbocycles. The van der Waals surface area contributed by atoms with E-state index < -0.39 is 5.97 Å². The Morgan fingerprint density at radius 2 is 1.86 bits per heavy atom. The molecule has 28 heavy (non-hydrogen) atoms. The van der Waals surface area contributed by atoms with Gasteiger partial charge in [-0.15, -0.1) is 0 Å². The number of carbonyl (C=O) groups is 2. The van der Waals surface area contributed by atoms with Gasteiger partial charge in [-0.3, -0.25) is 4.79 Å². The number of nitrogens with one attached hydrogen (secondary N) is 1. The number of carbonyl (C=O) groups excluding carboxylic acids is 2. The zero-order valence-electron chi connectivity index (χ0n) is 16.4.